The van der Waals surface area contributed by atoms with Crippen molar-refractivity contribution in [1.29, 1.82) is 0 Å². The summed E-state index contributed by atoms with van der Waals surface area (Å²) in [6, 6.07) is 61.5. The summed E-state index contributed by atoms with van der Waals surface area (Å²) in [6.45, 7) is 16.2. The summed E-state index contributed by atoms with van der Waals surface area (Å²) >= 11 is 1.67. The van der Waals surface area contributed by atoms with Gasteiger partial charge in [-0.3, -0.25) is 16.3 Å². The number of aromatic nitrogens is 3. The molecule has 0 spiro atoms. The smallest absolute Gasteiger partial charge is 0.0798 e. The van der Waals surface area contributed by atoms with Crippen molar-refractivity contribution in [2.45, 2.75) is 59.7 Å². The summed E-state index contributed by atoms with van der Waals surface area (Å²) in [6.07, 6.45) is 3.24. The van der Waals surface area contributed by atoms with Crippen LogP contribution in [0.1, 0.15) is 44.7 Å². The second kappa shape index (κ2) is 19.2. The quantitative estimate of drug-likeness (QED) is 0.107. The van der Waals surface area contributed by atoms with Crippen LogP contribution in [0, 0.1) is 17.4 Å². The van der Waals surface area contributed by atoms with Gasteiger partial charge in [0.1, 0.15) is 0 Å². The van der Waals surface area contributed by atoms with Gasteiger partial charge in [-0.15, -0.1) is 41.3 Å². The van der Waals surface area contributed by atoms with E-state index in [0.29, 0.717) is 11.8 Å². The van der Waals surface area contributed by atoms with Crippen molar-refractivity contribution in [3.8, 4) is 50.6 Å². The number of hydrogen-bond donors (Lipinski definition) is 0. The predicted octanol–water partition coefficient (Wildman–Crippen LogP) is 15.6. The standard InChI is InChI=1S/C40H29N2S.C18H24NSi.Ir/c1-26(2)29-20-21-30-24-38-34(23-31(30)22-29)35(25-43-38)40-41-36-18-9-10-19-37(36)42(40)39-32(27-12-5-3-6-13-27)16-11-17-33(39)28-14-7-4-8-15-28;1-14(2)11-16-12-17(15-9-7-6-8-10-15)19-13-18(16)20(3,4)5;/h3-24,26H,1-2H3;6-9,12-14H,11H2,1-5H3;/q2*-1;. The van der Waals surface area contributed by atoms with Crippen LogP contribution in [0.4, 0.5) is 0 Å². The zero-order chi connectivity index (χ0) is 43.7. The predicted molar refractivity (Wildman–Crippen MR) is 273 cm³/mol. The van der Waals surface area contributed by atoms with Gasteiger partial charge < -0.3 is 9.55 Å². The van der Waals surface area contributed by atoms with Crippen LogP contribution in [0.15, 0.2) is 170 Å². The van der Waals surface area contributed by atoms with Crippen LogP contribution in [0.3, 0.4) is 0 Å². The Morgan fingerprint density at radius 3 is 1.98 bits per heavy atom. The maximum absolute atomic E-state index is 5.32. The molecule has 321 valence electrons. The Balaban J connectivity index is 0.000000225. The van der Waals surface area contributed by atoms with Crippen molar-refractivity contribution in [3.63, 3.8) is 0 Å². The third-order valence-corrected chi connectivity index (χ3v) is 14.7. The van der Waals surface area contributed by atoms with E-state index in [0.717, 1.165) is 56.9 Å². The molecule has 0 unspecified atom stereocenters. The van der Waals surface area contributed by atoms with Gasteiger partial charge >= 0.3 is 0 Å². The molecule has 0 aliphatic carbocycles. The molecule has 0 N–H and O–H groups in total. The van der Waals surface area contributed by atoms with Crippen LogP contribution < -0.4 is 5.19 Å². The van der Waals surface area contributed by atoms with Gasteiger partial charge in [-0.1, -0.05) is 196 Å². The normalized spacial score (nSPS) is 11.6. The summed E-state index contributed by atoms with van der Waals surface area (Å²) in [5.74, 6) is 2.05. The fraction of sp³-hybridized carbons (Fsp3) is 0.172. The van der Waals surface area contributed by atoms with Crippen molar-refractivity contribution < 1.29 is 20.1 Å². The zero-order valence-electron chi connectivity index (χ0n) is 37.6. The molecule has 3 heterocycles. The molecule has 0 amide bonds. The molecule has 0 bridgehead atoms. The van der Waals surface area contributed by atoms with Crippen LogP contribution in [-0.4, -0.2) is 22.6 Å². The molecule has 10 rings (SSSR count). The fourth-order valence-electron chi connectivity index (χ4n) is 8.65. The van der Waals surface area contributed by atoms with E-state index in [1.165, 1.54) is 48.3 Å². The number of para-hydroxylation sites is 3. The molecule has 0 saturated heterocycles. The van der Waals surface area contributed by atoms with Crippen molar-refractivity contribution in [1.82, 2.24) is 14.5 Å². The molecule has 7 aromatic carbocycles. The summed E-state index contributed by atoms with van der Waals surface area (Å²) < 4.78 is 3.59. The van der Waals surface area contributed by atoms with E-state index < -0.39 is 8.07 Å². The minimum atomic E-state index is -1.34. The topological polar surface area (TPSA) is 30.7 Å². The molecule has 0 aliphatic rings. The Bertz CT molecular complexity index is 3120. The Morgan fingerprint density at radius 2 is 1.34 bits per heavy atom. The molecule has 6 heteroatoms. The number of thiophene rings is 1. The third-order valence-electron chi connectivity index (χ3n) is 11.8. The van der Waals surface area contributed by atoms with Crippen LogP contribution in [0.2, 0.25) is 19.6 Å². The third kappa shape index (κ3) is 9.25. The summed E-state index contributed by atoms with van der Waals surface area (Å²) in [5.41, 5.74) is 13.8. The van der Waals surface area contributed by atoms with Crippen LogP contribution in [0.5, 0.6) is 0 Å². The van der Waals surface area contributed by atoms with Crippen LogP contribution >= 0.6 is 11.3 Å². The number of rotatable bonds is 9. The van der Waals surface area contributed by atoms with E-state index >= 15 is 0 Å². The maximum atomic E-state index is 5.32. The van der Waals surface area contributed by atoms with Crippen molar-refractivity contribution in [2.75, 3.05) is 0 Å². The first-order chi connectivity index (χ1) is 30.5. The Labute approximate surface area is 397 Å². The molecule has 1 radical (unpaired) electrons. The molecular formula is C58H53IrN3SSi-2. The number of pyridine rings is 1. The summed E-state index contributed by atoms with van der Waals surface area (Å²) in [5, 5.41) is 8.88. The number of nitrogens with zero attached hydrogens (tertiary/aromatic N) is 3. The van der Waals surface area contributed by atoms with E-state index in [-0.39, 0.29) is 20.1 Å². The summed E-state index contributed by atoms with van der Waals surface area (Å²) in [4.78, 5) is 10.0. The second-order valence-corrected chi connectivity index (χ2v) is 24.1. The molecule has 0 fully saturated rings. The summed E-state index contributed by atoms with van der Waals surface area (Å²) in [7, 11) is -1.34. The van der Waals surface area contributed by atoms with Gasteiger partial charge in [0.15, 0.2) is 0 Å². The first-order valence-electron chi connectivity index (χ1n) is 22.1. The van der Waals surface area contributed by atoms with Gasteiger partial charge in [0.2, 0.25) is 0 Å². The Hall–Kier alpha value is -5.75. The van der Waals surface area contributed by atoms with Crippen molar-refractivity contribution in [3.05, 3.63) is 193 Å². The molecule has 0 aliphatic heterocycles. The molecular weight excluding hydrogens is 991 g/mol. The monoisotopic (exact) mass is 1040 g/mol. The first kappa shape index (κ1) is 44.8. The average molecular weight is 1040 g/mol. The number of fused-ring (bicyclic) bond motifs is 3. The van der Waals surface area contributed by atoms with E-state index in [2.05, 4.69) is 220 Å². The molecule has 3 nitrogen and oxygen atoms in total. The average Bonchev–Trinajstić information content (AvgIpc) is 3.89. The molecule has 3 aromatic heterocycles. The SMILES string of the molecule is CC(C)Cc1cc(-c2[c-]cccc2)ncc1[Si](C)(C)C.CC(C)c1ccc2cc3s[c-]c(-c4nc5ccccc5n4-c4c(-c5ccccc5)cccc4-c4ccccc4)c3cc2c1.[Ir]. The van der Waals surface area contributed by atoms with E-state index in [1.54, 1.807) is 11.3 Å². The number of hydrogen-bond acceptors (Lipinski definition) is 3. The minimum absolute atomic E-state index is 0. The Kier molecular flexibility index (Phi) is 13.4. The van der Waals surface area contributed by atoms with Crippen LogP contribution in [-0.2, 0) is 26.5 Å². The largest absolute Gasteiger partial charge is 0.332 e. The molecule has 0 saturated carbocycles. The number of imidazole rings is 1. The molecule has 0 atom stereocenters. The van der Waals surface area contributed by atoms with Gasteiger partial charge in [0, 0.05) is 37.4 Å². The van der Waals surface area contributed by atoms with Gasteiger partial charge in [-0.25, -0.2) is 0 Å². The van der Waals surface area contributed by atoms with Gasteiger partial charge in [0.05, 0.1) is 30.6 Å². The van der Waals surface area contributed by atoms with E-state index in [4.69, 9.17) is 4.98 Å². The second-order valence-electron chi connectivity index (χ2n) is 18.2. The maximum Gasteiger partial charge on any atom is 0.0798 e. The van der Waals surface area contributed by atoms with Crippen molar-refractivity contribution in [2.24, 2.45) is 5.92 Å². The minimum Gasteiger partial charge on any atom is -0.332 e. The van der Waals surface area contributed by atoms with Crippen LogP contribution in [0.25, 0.3) is 82.5 Å². The van der Waals surface area contributed by atoms with Crippen molar-refractivity contribution >= 4 is 56.5 Å². The van der Waals surface area contributed by atoms with Gasteiger partial charge in [0.25, 0.3) is 0 Å². The zero-order valence-corrected chi connectivity index (χ0v) is 41.8. The van der Waals surface area contributed by atoms with E-state index in [1.807, 2.05) is 18.2 Å². The fourth-order valence-corrected chi connectivity index (χ4v) is 11.1. The number of benzene rings is 7. The molecule has 10 aromatic rings. The first-order valence-corrected chi connectivity index (χ1v) is 26.4. The van der Waals surface area contributed by atoms with E-state index in [9.17, 15) is 0 Å². The Morgan fingerprint density at radius 1 is 0.672 bits per heavy atom. The van der Waals surface area contributed by atoms with Gasteiger partial charge in [-0.05, 0) is 68.7 Å². The molecule has 64 heavy (non-hydrogen) atoms. The van der Waals surface area contributed by atoms with Gasteiger partial charge in [-0.2, -0.15) is 0 Å².